The molecule has 0 saturated carbocycles. The summed E-state index contributed by atoms with van der Waals surface area (Å²) in [6.07, 6.45) is 0.369. The molecule has 1 heterocycles. The molecule has 2 aromatic carbocycles. The standard InChI is InChI=1S/C15H9Cl2NO2/c16-10-5-6-13-11(8-10)15(19)20-14(18-13)7-9-3-1-2-4-12(9)17/h1-6,8H,7H2. The smallest absolute Gasteiger partial charge is 0.346 e. The third-order valence-corrected chi connectivity index (χ3v) is 3.54. The van der Waals surface area contributed by atoms with Gasteiger partial charge in [0.2, 0.25) is 5.89 Å². The number of aromatic nitrogens is 1. The van der Waals surface area contributed by atoms with Crippen molar-refractivity contribution in [3.05, 3.63) is 74.4 Å². The molecule has 0 unspecified atom stereocenters. The molecule has 0 atom stereocenters. The minimum atomic E-state index is -0.445. The summed E-state index contributed by atoms with van der Waals surface area (Å²) in [5, 5.41) is 1.47. The van der Waals surface area contributed by atoms with E-state index >= 15 is 0 Å². The summed E-state index contributed by atoms with van der Waals surface area (Å²) in [5.41, 5.74) is 0.977. The fraction of sp³-hybridized carbons (Fsp3) is 0.0667. The molecular weight excluding hydrogens is 297 g/mol. The van der Waals surface area contributed by atoms with E-state index in [1.807, 2.05) is 18.2 Å². The van der Waals surface area contributed by atoms with Crippen molar-refractivity contribution >= 4 is 34.1 Å². The van der Waals surface area contributed by atoms with E-state index in [1.54, 1.807) is 24.3 Å². The molecule has 0 radical (unpaired) electrons. The highest BCUT2D eigenvalue weighted by atomic mass is 35.5. The predicted octanol–water partition coefficient (Wildman–Crippen LogP) is 4.09. The maximum absolute atomic E-state index is 11.9. The minimum absolute atomic E-state index is 0.331. The van der Waals surface area contributed by atoms with Crippen LogP contribution in [0.5, 0.6) is 0 Å². The molecule has 0 bridgehead atoms. The topological polar surface area (TPSA) is 43.1 Å². The normalized spacial score (nSPS) is 10.9. The summed E-state index contributed by atoms with van der Waals surface area (Å²) >= 11 is 11.9. The lowest BCUT2D eigenvalue weighted by atomic mass is 10.1. The van der Waals surface area contributed by atoms with E-state index in [1.165, 1.54) is 0 Å². The van der Waals surface area contributed by atoms with Crippen LogP contribution >= 0.6 is 23.2 Å². The average molecular weight is 306 g/mol. The lowest BCUT2D eigenvalue weighted by Crippen LogP contribution is -2.05. The van der Waals surface area contributed by atoms with E-state index in [-0.39, 0.29) is 0 Å². The van der Waals surface area contributed by atoms with Crippen LogP contribution in [0.1, 0.15) is 11.5 Å². The molecule has 0 aliphatic heterocycles. The molecule has 0 spiro atoms. The number of hydrogen-bond donors (Lipinski definition) is 0. The molecule has 5 heteroatoms. The molecule has 0 saturated heterocycles. The van der Waals surface area contributed by atoms with Gasteiger partial charge in [0, 0.05) is 10.0 Å². The molecule has 20 heavy (non-hydrogen) atoms. The van der Waals surface area contributed by atoms with Crippen LogP contribution in [-0.2, 0) is 6.42 Å². The lowest BCUT2D eigenvalue weighted by Gasteiger charge is -2.04. The van der Waals surface area contributed by atoms with Crippen molar-refractivity contribution in [2.75, 3.05) is 0 Å². The second kappa shape index (κ2) is 5.27. The molecule has 1 aromatic heterocycles. The van der Waals surface area contributed by atoms with Crippen LogP contribution < -0.4 is 5.63 Å². The van der Waals surface area contributed by atoms with E-state index in [9.17, 15) is 4.79 Å². The van der Waals surface area contributed by atoms with Gasteiger partial charge in [-0.25, -0.2) is 9.78 Å². The summed E-state index contributed by atoms with van der Waals surface area (Å²) in [5.74, 6) is 0.331. The SMILES string of the molecule is O=c1oc(Cc2ccccc2Cl)nc2ccc(Cl)cc12. The van der Waals surface area contributed by atoms with Gasteiger partial charge in [-0.1, -0.05) is 41.4 Å². The number of nitrogens with zero attached hydrogens (tertiary/aromatic N) is 1. The Bertz CT molecular complexity index is 843. The number of rotatable bonds is 2. The monoisotopic (exact) mass is 305 g/mol. The van der Waals surface area contributed by atoms with Crippen molar-refractivity contribution in [1.29, 1.82) is 0 Å². The first-order chi connectivity index (χ1) is 9.63. The van der Waals surface area contributed by atoms with Crippen molar-refractivity contribution in [2.45, 2.75) is 6.42 Å². The first-order valence-corrected chi connectivity index (χ1v) is 6.72. The van der Waals surface area contributed by atoms with Crippen LogP contribution in [0.15, 0.2) is 51.7 Å². The van der Waals surface area contributed by atoms with Gasteiger partial charge < -0.3 is 4.42 Å². The predicted molar refractivity (Wildman–Crippen MR) is 79.5 cm³/mol. The second-order valence-corrected chi connectivity index (χ2v) is 5.17. The van der Waals surface area contributed by atoms with Gasteiger partial charge in [0.25, 0.3) is 0 Å². The highest BCUT2D eigenvalue weighted by molar-refractivity contribution is 6.31. The summed E-state index contributed by atoms with van der Waals surface area (Å²) in [6.45, 7) is 0. The number of fused-ring (bicyclic) bond motifs is 1. The summed E-state index contributed by atoms with van der Waals surface area (Å²) in [7, 11) is 0. The van der Waals surface area contributed by atoms with Crippen molar-refractivity contribution < 1.29 is 4.42 Å². The van der Waals surface area contributed by atoms with Gasteiger partial charge >= 0.3 is 5.63 Å². The zero-order chi connectivity index (χ0) is 14.1. The Labute approximate surface area is 124 Å². The molecule has 3 rings (SSSR count). The molecule has 3 nitrogen and oxygen atoms in total. The van der Waals surface area contributed by atoms with Crippen LogP contribution in [0.2, 0.25) is 10.0 Å². The van der Waals surface area contributed by atoms with Gasteiger partial charge in [0.05, 0.1) is 17.3 Å². The average Bonchev–Trinajstić information content (AvgIpc) is 2.42. The molecule has 0 fully saturated rings. The van der Waals surface area contributed by atoms with Crippen molar-refractivity contribution in [2.24, 2.45) is 0 Å². The van der Waals surface area contributed by atoms with E-state index < -0.39 is 5.63 Å². The van der Waals surface area contributed by atoms with Crippen LogP contribution in [0.4, 0.5) is 0 Å². The first kappa shape index (κ1) is 13.2. The fourth-order valence-corrected chi connectivity index (χ4v) is 2.34. The molecular formula is C15H9Cl2NO2. The Hall–Kier alpha value is -1.84. The molecule has 100 valence electrons. The van der Waals surface area contributed by atoms with Crippen LogP contribution in [-0.4, -0.2) is 4.98 Å². The largest absolute Gasteiger partial charge is 0.408 e. The first-order valence-electron chi connectivity index (χ1n) is 5.96. The summed E-state index contributed by atoms with van der Waals surface area (Å²) in [6, 6.07) is 12.3. The van der Waals surface area contributed by atoms with E-state index in [2.05, 4.69) is 4.98 Å². The van der Waals surface area contributed by atoms with E-state index in [0.29, 0.717) is 33.3 Å². The molecule has 0 aliphatic carbocycles. The highest BCUT2D eigenvalue weighted by Gasteiger charge is 2.09. The molecule has 0 amide bonds. The van der Waals surface area contributed by atoms with Gasteiger partial charge in [0.1, 0.15) is 0 Å². The van der Waals surface area contributed by atoms with Crippen molar-refractivity contribution in [1.82, 2.24) is 4.98 Å². The fourth-order valence-electron chi connectivity index (χ4n) is 1.97. The van der Waals surface area contributed by atoms with Crippen LogP contribution in [0, 0.1) is 0 Å². The second-order valence-electron chi connectivity index (χ2n) is 4.32. The van der Waals surface area contributed by atoms with Gasteiger partial charge in [-0.15, -0.1) is 0 Å². The molecule has 3 aromatic rings. The quantitative estimate of drug-likeness (QED) is 0.716. The van der Waals surface area contributed by atoms with Gasteiger partial charge in [0.15, 0.2) is 0 Å². The summed E-state index contributed by atoms with van der Waals surface area (Å²) in [4.78, 5) is 16.3. The Kier molecular flexibility index (Phi) is 3.47. The minimum Gasteiger partial charge on any atom is -0.408 e. The van der Waals surface area contributed by atoms with Gasteiger partial charge in [-0.05, 0) is 29.8 Å². The summed E-state index contributed by atoms with van der Waals surface area (Å²) < 4.78 is 5.22. The zero-order valence-electron chi connectivity index (χ0n) is 10.3. The zero-order valence-corrected chi connectivity index (χ0v) is 11.8. The Balaban J connectivity index is 2.08. The van der Waals surface area contributed by atoms with Crippen LogP contribution in [0.3, 0.4) is 0 Å². The Morgan fingerprint density at radius 3 is 2.70 bits per heavy atom. The van der Waals surface area contributed by atoms with Gasteiger partial charge in [-0.3, -0.25) is 0 Å². The number of halogens is 2. The van der Waals surface area contributed by atoms with Crippen molar-refractivity contribution in [3.8, 4) is 0 Å². The van der Waals surface area contributed by atoms with Crippen LogP contribution in [0.25, 0.3) is 10.9 Å². The number of benzene rings is 2. The third-order valence-electron chi connectivity index (χ3n) is 2.93. The molecule has 0 aliphatic rings. The Morgan fingerprint density at radius 2 is 1.90 bits per heavy atom. The number of hydrogen-bond acceptors (Lipinski definition) is 3. The van der Waals surface area contributed by atoms with Gasteiger partial charge in [-0.2, -0.15) is 0 Å². The lowest BCUT2D eigenvalue weighted by molar-refractivity contribution is 0.454. The maximum atomic E-state index is 11.9. The van der Waals surface area contributed by atoms with Crippen molar-refractivity contribution in [3.63, 3.8) is 0 Å². The maximum Gasteiger partial charge on any atom is 0.346 e. The van der Waals surface area contributed by atoms with E-state index in [4.69, 9.17) is 27.6 Å². The Morgan fingerprint density at radius 1 is 1.10 bits per heavy atom. The van der Waals surface area contributed by atoms with E-state index in [0.717, 1.165) is 5.56 Å². The third kappa shape index (κ3) is 2.55. The highest BCUT2D eigenvalue weighted by Crippen LogP contribution is 2.19. The molecule has 0 N–H and O–H groups in total.